The van der Waals surface area contributed by atoms with E-state index in [4.69, 9.17) is 4.74 Å². The van der Waals surface area contributed by atoms with Crippen LogP contribution in [0.1, 0.15) is 19.4 Å². The average molecular weight is 530 g/mol. The van der Waals surface area contributed by atoms with E-state index in [0.29, 0.717) is 45.0 Å². The molecule has 30 heavy (non-hydrogen) atoms. The first-order valence-electron chi connectivity index (χ1n) is 9.84. The van der Waals surface area contributed by atoms with E-state index in [9.17, 15) is 9.18 Å². The predicted molar refractivity (Wildman–Crippen MR) is 124 cm³/mol. The molecule has 1 aromatic carbocycles. The van der Waals surface area contributed by atoms with Gasteiger partial charge in [0.25, 0.3) is 0 Å². The number of benzene rings is 1. The van der Waals surface area contributed by atoms with Gasteiger partial charge in [0.1, 0.15) is 5.82 Å². The number of piperazine rings is 1. The number of nitrogens with zero attached hydrogens (tertiary/aromatic N) is 5. The van der Waals surface area contributed by atoms with Crippen molar-refractivity contribution in [3.63, 3.8) is 0 Å². The summed E-state index contributed by atoms with van der Waals surface area (Å²) in [5, 5.41) is 3.28. The molecule has 2 aromatic rings. The lowest BCUT2D eigenvalue weighted by Gasteiger charge is -2.35. The number of ether oxygens (including phenoxy) is 1. The Bertz CT molecular complexity index is 838. The summed E-state index contributed by atoms with van der Waals surface area (Å²) in [7, 11) is 0. The highest BCUT2D eigenvalue weighted by atomic mass is 127. The van der Waals surface area contributed by atoms with Crippen LogP contribution in [-0.2, 0) is 11.3 Å². The van der Waals surface area contributed by atoms with Gasteiger partial charge in [-0.3, -0.25) is 0 Å². The molecule has 0 spiro atoms. The van der Waals surface area contributed by atoms with Crippen LogP contribution in [0.3, 0.4) is 0 Å². The smallest absolute Gasteiger partial charge is 0.409 e. The van der Waals surface area contributed by atoms with Crippen molar-refractivity contribution in [2.24, 2.45) is 4.99 Å². The Morgan fingerprint density at radius 1 is 1.23 bits per heavy atom. The number of carbonyl (C=O) groups is 1. The van der Waals surface area contributed by atoms with Crippen molar-refractivity contribution in [2.45, 2.75) is 20.4 Å². The molecule has 1 N–H and O–H groups in total. The van der Waals surface area contributed by atoms with Crippen LogP contribution in [-0.4, -0.2) is 70.7 Å². The standard InChI is InChI=1S/C20H27FN6O2.HI/c1-3-23-19(25-9-11-26(12-10-25)20(28)29-4-2)24-14-16-5-6-18(17(21)13-16)27-8-7-22-15-27;/h5-8,13,15H,3-4,9-12,14H2,1-2H3,(H,23,24);1H. The van der Waals surface area contributed by atoms with E-state index in [1.54, 1.807) is 41.2 Å². The third-order valence-electron chi connectivity index (χ3n) is 4.65. The maximum Gasteiger partial charge on any atom is 0.409 e. The van der Waals surface area contributed by atoms with Crippen LogP contribution in [0.4, 0.5) is 9.18 Å². The second-order valence-electron chi connectivity index (χ2n) is 6.60. The number of nitrogens with one attached hydrogen (secondary N) is 1. The van der Waals surface area contributed by atoms with Crippen molar-refractivity contribution in [3.8, 4) is 5.69 Å². The van der Waals surface area contributed by atoms with Gasteiger partial charge in [0.2, 0.25) is 0 Å². The lowest BCUT2D eigenvalue weighted by molar-refractivity contribution is 0.0914. The Balaban J connectivity index is 0.00000320. The van der Waals surface area contributed by atoms with Crippen LogP contribution in [0.5, 0.6) is 0 Å². The molecule has 164 valence electrons. The monoisotopic (exact) mass is 530 g/mol. The van der Waals surface area contributed by atoms with Crippen LogP contribution in [0, 0.1) is 5.82 Å². The zero-order valence-corrected chi connectivity index (χ0v) is 19.6. The Morgan fingerprint density at radius 2 is 1.97 bits per heavy atom. The molecule has 8 nitrogen and oxygen atoms in total. The molecule has 3 rings (SSSR count). The number of imidazole rings is 1. The molecule has 1 fully saturated rings. The van der Waals surface area contributed by atoms with E-state index in [1.807, 2.05) is 13.0 Å². The predicted octanol–water partition coefficient (Wildman–Crippen LogP) is 2.87. The first-order valence-corrected chi connectivity index (χ1v) is 9.84. The number of hydrogen-bond acceptors (Lipinski definition) is 4. The number of carbonyl (C=O) groups excluding carboxylic acids is 1. The van der Waals surface area contributed by atoms with Crippen molar-refractivity contribution < 1.29 is 13.9 Å². The highest BCUT2D eigenvalue weighted by Gasteiger charge is 2.23. The average Bonchev–Trinajstić information content (AvgIpc) is 3.26. The highest BCUT2D eigenvalue weighted by molar-refractivity contribution is 14.0. The minimum atomic E-state index is -0.316. The summed E-state index contributed by atoms with van der Waals surface area (Å²) >= 11 is 0. The van der Waals surface area contributed by atoms with Crippen LogP contribution >= 0.6 is 24.0 Å². The summed E-state index contributed by atoms with van der Waals surface area (Å²) in [6.07, 6.45) is 4.61. The maximum atomic E-state index is 14.4. The number of aromatic nitrogens is 2. The largest absolute Gasteiger partial charge is 0.450 e. The lowest BCUT2D eigenvalue weighted by atomic mass is 10.2. The van der Waals surface area contributed by atoms with Crippen LogP contribution in [0.25, 0.3) is 5.69 Å². The fourth-order valence-electron chi connectivity index (χ4n) is 3.17. The van der Waals surface area contributed by atoms with Gasteiger partial charge in [-0.25, -0.2) is 19.2 Å². The van der Waals surface area contributed by atoms with Gasteiger partial charge in [-0.05, 0) is 31.5 Å². The van der Waals surface area contributed by atoms with Crippen molar-refractivity contribution >= 4 is 36.0 Å². The van der Waals surface area contributed by atoms with Crippen molar-refractivity contribution in [1.82, 2.24) is 24.7 Å². The summed E-state index contributed by atoms with van der Waals surface area (Å²) in [6, 6.07) is 5.10. The summed E-state index contributed by atoms with van der Waals surface area (Å²) in [5.41, 5.74) is 1.24. The number of amides is 1. The van der Waals surface area contributed by atoms with Crippen LogP contribution < -0.4 is 5.32 Å². The zero-order chi connectivity index (χ0) is 20.6. The van der Waals surface area contributed by atoms with E-state index < -0.39 is 0 Å². The SMILES string of the molecule is CCNC(=NCc1ccc(-n2ccnc2)c(F)c1)N1CCN(C(=O)OCC)CC1.I. The summed E-state index contributed by atoms with van der Waals surface area (Å²) in [4.78, 5) is 24.3. The molecule has 0 radical (unpaired) electrons. The molecule has 2 heterocycles. The minimum absolute atomic E-state index is 0. The minimum Gasteiger partial charge on any atom is -0.450 e. The van der Waals surface area contributed by atoms with Gasteiger partial charge in [0.15, 0.2) is 5.96 Å². The Kier molecular flexibility index (Phi) is 9.34. The van der Waals surface area contributed by atoms with E-state index in [0.717, 1.165) is 18.1 Å². The fraction of sp³-hybridized carbons (Fsp3) is 0.450. The number of halogens is 2. The van der Waals surface area contributed by atoms with Gasteiger partial charge < -0.3 is 24.4 Å². The number of aliphatic imine (C=N–C) groups is 1. The Labute approximate surface area is 193 Å². The first-order chi connectivity index (χ1) is 14.1. The molecule has 0 saturated carbocycles. The highest BCUT2D eigenvalue weighted by Crippen LogP contribution is 2.16. The quantitative estimate of drug-likeness (QED) is 0.366. The third kappa shape index (κ3) is 6.07. The summed E-state index contributed by atoms with van der Waals surface area (Å²) in [5.74, 6) is 0.443. The Morgan fingerprint density at radius 3 is 2.57 bits per heavy atom. The van der Waals surface area contributed by atoms with E-state index in [-0.39, 0.29) is 35.9 Å². The molecule has 10 heteroatoms. The topological polar surface area (TPSA) is 75.0 Å². The van der Waals surface area contributed by atoms with Gasteiger partial charge >= 0.3 is 6.09 Å². The summed E-state index contributed by atoms with van der Waals surface area (Å²) < 4.78 is 21.1. The first kappa shape index (κ1) is 23.9. The van der Waals surface area contributed by atoms with Crippen molar-refractivity contribution in [3.05, 3.63) is 48.3 Å². The molecule has 0 aliphatic carbocycles. The molecule has 1 amide bonds. The molecular formula is C20H28FIN6O2. The lowest BCUT2D eigenvalue weighted by Crippen LogP contribution is -2.53. The molecule has 1 aliphatic rings. The van der Waals surface area contributed by atoms with Crippen LogP contribution in [0.15, 0.2) is 41.9 Å². The molecule has 0 unspecified atom stereocenters. The Hall–Kier alpha value is -2.37. The van der Waals surface area contributed by atoms with Gasteiger partial charge in [-0.15, -0.1) is 24.0 Å². The molecular weight excluding hydrogens is 502 g/mol. The van der Waals surface area contributed by atoms with Crippen molar-refractivity contribution in [1.29, 1.82) is 0 Å². The van der Waals surface area contributed by atoms with Gasteiger partial charge in [0, 0.05) is 45.1 Å². The third-order valence-corrected chi connectivity index (χ3v) is 4.65. The van der Waals surface area contributed by atoms with E-state index in [1.165, 1.54) is 6.07 Å². The second-order valence-corrected chi connectivity index (χ2v) is 6.60. The molecule has 1 aromatic heterocycles. The van der Waals surface area contributed by atoms with Gasteiger partial charge in [0.05, 0.1) is 25.2 Å². The fourth-order valence-corrected chi connectivity index (χ4v) is 3.17. The van der Waals surface area contributed by atoms with Crippen LogP contribution in [0.2, 0.25) is 0 Å². The maximum absolute atomic E-state index is 14.4. The van der Waals surface area contributed by atoms with Gasteiger partial charge in [-0.1, -0.05) is 6.07 Å². The molecule has 1 saturated heterocycles. The number of guanidine groups is 1. The van der Waals surface area contributed by atoms with E-state index >= 15 is 0 Å². The molecule has 1 aliphatic heterocycles. The number of hydrogen-bond donors (Lipinski definition) is 1. The summed E-state index contributed by atoms with van der Waals surface area (Å²) in [6.45, 7) is 7.76. The normalized spacial score (nSPS) is 14.3. The zero-order valence-electron chi connectivity index (χ0n) is 17.3. The molecule has 0 atom stereocenters. The second kappa shape index (κ2) is 11.7. The van der Waals surface area contributed by atoms with Crippen molar-refractivity contribution in [2.75, 3.05) is 39.3 Å². The van der Waals surface area contributed by atoms with Gasteiger partial charge in [-0.2, -0.15) is 0 Å². The van der Waals surface area contributed by atoms with E-state index in [2.05, 4.69) is 20.2 Å². The molecule has 0 bridgehead atoms. The number of rotatable bonds is 5.